The van der Waals surface area contributed by atoms with Gasteiger partial charge in [0.05, 0.1) is 11.0 Å². The molecule has 0 spiro atoms. The summed E-state index contributed by atoms with van der Waals surface area (Å²) in [4.78, 5) is 10.2. The Morgan fingerprint density at radius 2 is 2.05 bits per heavy atom. The maximum absolute atomic E-state index is 10.7. The first-order valence-electron chi connectivity index (χ1n) is 6.33. The number of anilines is 1. The molecule has 2 rings (SSSR count). The average molecular weight is 285 g/mol. The number of benzene rings is 1. The fraction of sp³-hybridized carbons (Fsp3) is 0.538. The first kappa shape index (κ1) is 14.1. The molecule has 1 aromatic rings. The van der Waals surface area contributed by atoms with Gasteiger partial charge < -0.3 is 10.1 Å². The summed E-state index contributed by atoms with van der Waals surface area (Å²) < 4.78 is 5.33. The molecule has 1 fully saturated rings. The molecule has 0 amide bonds. The zero-order chi connectivity index (χ0) is 13.8. The van der Waals surface area contributed by atoms with Crippen LogP contribution in [0.3, 0.4) is 0 Å². The van der Waals surface area contributed by atoms with Crippen molar-refractivity contribution in [3.05, 3.63) is 33.3 Å². The van der Waals surface area contributed by atoms with Crippen LogP contribution in [0, 0.1) is 10.1 Å². The summed E-state index contributed by atoms with van der Waals surface area (Å²) in [5.74, 6) is 0. The minimum atomic E-state index is -0.476. The van der Waals surface area contributed by atoms with Crippen LogP contribution in [0.25, 0.3) is 0 Å². The summed E-state index contributed by atoms with van der Waals surface area (Å²) in [5, 5.41) is 14.2. The Balaban J connectivity index is 1.97. The molecule has 1 aliphatic rings. The Morgan fingerprint density at radius 3 is 2.58 bits per heavy atom. The number of nitrogens with zero attached hydrogens (tertiary/aromatic N) is 1. The van der Waals surface area contributed by atoms with Crippen molar-refractivity contribution in [2.45, 2.75) is 37.8 Å². The van der Waals surface area contributed by atoms with Crippen LogP contribution in [0.1, 0.15) is 25.7 Å². The van der Waals surface area contributed by atoms with Gasteiger partial charge in [0.25, 0.3) is 5.69 Å². The van der Waals surface area contributed by atoms with Gasteiger partial charge in [0.1, 0.15) is 5.02 Å². The van der Waals surface area contributed by atoms with E-state index in [9.17, 15) is 10.1 Å². The van der Waals surface area contributed by atoms with Gasteiger partial charge in [-0.1, -0.05) is 11.6 Å². The van der Waals surface area contributed by atoms with Gasteiger partial charge in [0.2, 0.25) is 0 Å². The van der Waals surface area contributed by atoms with Crippen molar-refractivity contribution in [2.75, 3.05) is 12.4 Å². The third-order valence-corrected chi connectivity index (χ3v) is 3.83. The minimum absolute atomic E-state index is 0.0599. The third kappa shape index (κ3) is 3.58. The zero-order valence-corrected chi connectivity index (χ0v) is 11.5. The van der Waals surface area contributed by atoms with E-state index in [0.29, 0.717) is 12.1 Å². The predicted molar refractivity (Wildman–Crippen MR) is 74.8 cm³/mol. The predicted octanol–water partition coefficient (Wildman–Crippen LogP) is 3.62. The smallest absolute Gasteiger partial charge is 0.288 e. The number of rotatable bonds is 4. The number of hydrogen-bond acceptors (Lipinski definition) is 4. The van der Waals surface area contributed by atoms with Crippen LogP contribution >= 0.6 is 11.6 Å². The standard InChI is InChI=1S/C13H17ClN2O3/c1-19-11-5-2-9(3-6-11)15-10-4-7-13(16(17)18)12(14)8-10/h4,7-9,11,15H,2-3,5-6H2,1H3. The molecule has 104 valence electrons. The largest absolute Gasteiger partial charge is 0.382 e. The highest BCUT2D eigenvalue weighted by atomic mass is 35.5. The van der Waals surface area contributed by atoms with Gasteiger partial charge in [-0.25, -0.2) is 0 Å². The molecular formula is C13H17ClN2O3. The minimum Gasteiger partial charge on any atom is -0.382 e. The van der Waals surface area contributed by atoms with E-state index < -0.39 is 4.92 Å². The molecule has 1 aliphatic carbocycles. The molecule has 0 bridgehead atoms. The van der Waals surface area contributed by atoms with Gasteiger partial charge >= 0.3 is 0 Å². The summed E-state index contributed by atoms with van der Waals surface area (Å²) in [5.41, 5.74) is 0.770. The number of methoxy groups -OCH3 is 1. The number of nitro benzene ring substituents is 1. The second-order valence-electron chi connectivity index (χ2n) is 4.78. The second kappa shape index (κ2) is 6.21. The Hall–Kier alpha value is -1.33. The number of nitrogens with one attached hydrogen (secondary N) is 1. The molecule has 19 heavy (non-hydrogen) atoms. The fourth-order valence-corrected chi connectivity index (χ4v) is 2.67. The summed E-state index contributed by atoms with van der Waals surface area (Å²) in [6.07, 6.45) is 4.50. The number of halogens is 1. The van der Waals surface area contributed by atoms with Crippen molar-refractivity contribution in [1.29, 1.82) is 0 Å². The lowest BCUT2D eigenvalue weighted by molar-refractivity contribution is -0.384. The molecule has 5 nitrogen and oxygen atoms in total. The van der Waals surface area contributed by atoms with Crippen molar-refractivity contribution in [2.24, 2.45) is 0 Å². The van der Waals surface area contributed by atoms with Crippen LogP contribution in [-0.2, 0) is 4.74 Å². The Morgan fingerprint density at radius 1 is 1.37 bits per heavy atom. The van der Waals surface area contributed by atoms with Crippen LogP contribution in [0.4, 0.5) is 11.4 Å². The highest BCUT2D eigenvalue weighted by Crippen LogP contribution is 2.29. The quantitative estimate of drug-likeness (QED) is 0.677. The zero-order valence-electron chi connectivity index (χ0n) is 10.8. The molecule has 6 heteroatoms. The van der Waals surface area contributed by atoms with E-state index in [-0.39, 0.29) is 10.7 Å². The lowest BCUT2D eigenvalue weighted by Gasteiger charge is -2.28. The monoisotopic (exact) mass is 284 g/mol. The van der Waals surface area contributed by atoms with E-state index in [0.717, 1.165) is 31.4 Å². The maximum Gasteiger partial charge on any atom is 0.288 e. The van der Waals surface area contributed by atoms with Gasteiger partial charge in [-0.15, -0.1) is 0 Å². The number of ether oxygens (including phenoxy) is 1. The molecule has 0 radical (unpaired) electrons. The molecule has 1 aromatic carbocycles. The van der Waals surface area contributed by atoms with Crippen LogP contribution in [0.15, 0.2) is 18.2 Å². The number of hydrogen-bond donors (Lipinski definition) is 1. The van der Waals surface area contributed by atoms with Crippen LogP contribution in [0.5, 0.6) is 0 Å². The van der Waals surface area contributed by atoms with E-state index in [1.54, 1.807) is 19.2 Å². The van der Waals surface area contributed by atoms with E-state index in [2.05, 4.69) is 5.32 Å². The summed E-state index contributed by atoms with van der Waals surface area (Å²) >= 11 is 5.89. The highest BCUT2D eigenvalue weighted by Gasteiger charge is 2.21. The van der Waals surface area contributed by atoms with E-state index in [1.165, 1.54) is 6.07 Å². The molecule has 0 unspecified atom stereocenters. The normalized spacial score (nSPS) is 23.1. The lowest BCUT2D eigenvalue weighted by Crippen LogP contribution is -2.29. The van der Waals surface area contributed by atoms with Crippen molar-refractivity contribution in [3.8, 4) is 0 Å². The molecule has 0 aromatic heterocycles. The average Bonchev–Trinajstić information content (AvgIpc) is 2.39. The maximum atomic E-state index is 10.7. The second-order valence-corrected chi connectivity index (χ2v) is 5.18. The van der Waals surface area contributed by atoms with Gasteiger partial charge in [-0.2, -0.15) is 0 Å². The molecule has 0 heterocycles. The van der Waals surface area contributed by atoms with Crippen molar-refractivity contribution >= 4 is 23.0 Å². The van der Waals surface area contributed by atoms with Crippen LogP contribution < -0.4 is 5.32 Å². The molecule has 0 aliphatic heterocycles. The van der Waals surface area contributed by atoms with Gasteiger partial charge in [-0.3, -0.25) is 10.1 Å². The summed E-state index contributed by atoms with van der Waals surface area (Å²) in [6.45, 7) is 0. The molecule has 1 N–H and O–H groups in total. The topological polar surface area (TPSA) is 64.4 Å². The van der Waals surface area contributed by atoms with Gasteiger partial charge in [0, 0.05) is 24.9 Å². The Bertz CT molecular complexity index is 459. The SMILES string of the molecule is COC1CCC(Nc2ccc([N+](=O)[O-])c(Cl)c2)CC1. The first-order valence-corrected chi connectivity index (χ1v) is 6.71. The first-order chi connectivity index (χ1) is 9.10. The van der Waals surface area contributed by atoms with E-state index >= 15 is 0 Å². The van der Waals surface area contributed by atoms with Gasteiger partial charge in [-0.05, 0) is 37.8 Å². The summed E-state index contributed by atoms with van der Waals surface area (Å²) in [6, 6.07) is 5.13. The highest BCUT2D eigenvalue weighted by molar-refractivity contribution is 6.32. The lowest BCUT2D eigenvalue weighted by atomic mass is 9.93. The summed E-state index contributed by atoms with van der Waals surface area (Å²) in [7, 11) is 1.74. The van der Waals surface area contributed by atoms with E-state index in [1.807, 2.05) is 0 Å². The molecule has 0 saturated heterocycles. The van der Waals surface area contributed by atoms with Crippen molar-refractivity contribution in [1.82, 2.24) is 0 Å². The van der Waals surface area contributed by atoms with Gasteiger partial charge in [0.15, 0.2) is 0 Å². The van der Waals surface area contributed by atoms with Crippen LogP contribution in [-0.4, -0.2) is 24.2 Å². The van der Waals surface area contributed by atoms with Crippen molar-refractivity contribution in [3.63, 3.8) is 0 Å². The Kier molecular flexibility index (Phi) is 4.61. The van der Waals surface area contributed by atoms with E-state index in [4.69, 9.17) is 16.3 Å². The van der Waals surface area contributed by atoms with Crippen LogP contribution in [0.2, 0.25) is 5.02 Å². The Labute approximate surface area is 117 Å². The van der Waals surface area contributed by atoms with Crippen molar-refractivity contribution < 1.29 is 9.66 Å². The molecule has 1 saturated carbocycles. The third-order valence-electron chi connectivity index (χ3n) is 3.52. The fourth-order valence-electron chi connectivity index (χ4n) is 2.42. The molecule has 0 atom stereocenters. The molecular weight excluding hydrogens is 268 g/mol. The number of nitro groups is 1.